The monoisotopic (exact) mass is 604 g/mol. The predicted octanol–water partition coefficient (Wildman–Crippen LogP) is 3.09. The molecule has 206 valence electrons. The average molecular weight is 605 g/mol. The zero-order valence-corrected chi connectivity index (χ0v) is 23.8. The molecule has 1 aliphatic rings. The van der Waals surface area contributed by atoms with Crippen LogP contribution in [-0.4, -0.2) is 65.9 Å². The third kappa shape index (κ3) is 6.21. The normalized spacial score (nSPS) is 23.3. The van der Waals surface area contributed by atoms with Gasteiger partial charge in [0.1, 0.15) is 35.8 Å². The molecular formula is C22H27Cl2N6O6PS. The smallest absolute Gasteiger partial charge is 0.323 e. The van der Waals surface area contributed by atoms with Crippen LogP contribution in [0.5, 0.6) is 5.75 Å². The number of benzene rings is 1. The molecule has 2 aromatic heterocycles. The van der Waals surface area contributed by atoms with E-state index in [-0.39, 0.29) is 18.5 Å². The summed E-state index contributed by atoms with van der Waals surface area (Å²) in [5.74, 6) is 0.0575. The van der Waals surface area contributed by atoms with Gasteiger partial charge in [-0.3, -0.25) is 9.36 Å². The second kappa shape index (κ2) is 11.6. The number of hydrogen-bond acceptors (Lipinski definition) is 11. The summed E-state index contributed by atoms with van der Waals surface area (Å²) in [4.78, 5) is 24.7. The summed E-state index contributed by atoms with van der Waals surface area (Å²) in [7, 11) is 0. The highest BCUT2D eigenvalue weighted by molar-refractivity contribution is 8.09. The lowest BCUT2D eigenvalue weighted by molar-refractivity contribution is -0.149. The molecule has 1 saturated heterocycles. The lowest BCUT2D eigenvalue weighted by Gasteiger charge is -2.28. The second-order valence-corrected chi connectivity index (χ2v) is 13.3. The van der Waals surface area contributed by atoms with Crippen LogP contribution in [0.15, 0.2) is 43.0 Å². The number of aromatic nitrogens is 4. The second-order valence-electron chi connectivity index (χ2n) is 8.76. The molecule has 3 aromatic rings. The minimum Gasteiger partial charge on any atom is -0.462 e. The van der Waals surface area contributed by atoms with E-state index in [1.54, 1.807) is 45.0 Å². The lowest BCUT2D eigenvalue weighted by atomic mass is 10.2. The van der Waals surface area contributed by atoms with Crippen LogP contribution < -0.4 is 15.3 Å². The van der Waals surface area contributed by atoms with Crippen molar-refractivity contribution in [2.24, 2.45) is 0 Å². The van der Waals surface area contributed by atoms with Crippen LogP contribution in [0.3, 0.4) is 0 Å². The molecule has 4 rings (SSSR count). The number of ether oxygens (including phenoxy) is 2. The highest BCUT2D eigenvalue weighted by atomic mass is 35.5. The zero-order valence-electron chi connectivity index (χ0n) is 20.6. The van der Waals surface area contributed by atoms with Gasteiger partial charge in [0, 0.05) is 0 Å². The molecule has 0 saturated carbocycles. The molecule has 1 aliphatic heterocycles. The van der Waals surface area contributed by atoms with Crippen molar-refractivity contribution in [3.8, 4) is 5.75 Å². The number of anilines is 1. The van der Waals surface area contributed by atoms with Gasteiger partial charge in [0.2, 0.25) is 0 Å². The molecule has 12 nitrogen and oxygen atoms in total. The number of esters is 1. The van der Waals surface area contributed by atoms with Crippen LogP contribution in [0.2, 0.25) is 0 Å². The Morgan fingerprint density at radius 3 is 2.68 bits per heavy atom. The maximum Gasteiger partial charge on any atom is 0.323 e. The van der Waals surface area contributed by atoms with E-state index in [9.17, 15) is 9.90 Å². The molecule has 1 unspecified atom stereocenters. The molecule has 0 bridgehead atoms. The Morgan fingerprint density at radius 2 is 2.00 bits per heavy atom. The standard InChI is InChI=1S/C22H27Cl2N6O6PS/c1-12(2)34-20(32)13(3)29-37(38,36-14-7-5-4-6-8-14)33-9-15-17(31)22(23,24)21(35-15)30-11-28-16-18(25)26-10-27-19(16)30/h4-8,10-13,15,17,21,31H,9H2,1-3H3,(H,29,38)(H2,25,26,27)/t13-,15-,17-,21-,37?/m1/s1. The summed E-state index contributed by atoms with van der Waals surface area (Å²) >= 11 is 18.8. The Bertz CT molecular complexity index is 1330. The minimum atomic E-state index is -3.39. The molecule has 38 heavy (non-hydrogen) atoms. The summed E-state index contributed by atoms with van der Waals surface area (Å²) in [6, 6.07) is 7.88. The van der Waals surface area contributed by atoms with Gasteiger partial charge in [0.25, 0.3) is 0 Å². The van der Waals surface area contributed by atoms with Gasteiger partial charge in [0.05, 0.1) is 19.0 Å². The Morgan fingerprint density at radius 1 is 1.29 bits per heavy atom. The number of para-hydroxylation sites is 1. The summed E-state index contributed by atoms with van der Waals surface area (Å²) in [5.41, 5.74) is 6.52. The molecule has 1 fully saturated rings. The van der Waals surface area contributed by atoms with E-state index in [2.05, 4.69) is 20.0 Å². The molecule has 0 radical (unpaired) electrons. The molecule has 0 spiro atoms. The predicted molar refractivity (Wildman–Crippen MR) is 145 cm³/mol. The van der Waals surface area contributed by atoms with Gasteiger partial charge in [-0.2, -0.15) is 0 Å². The molecule has 4 N–H and O–H groups in total. The number of aliphatic hydroxyl groups excluding tert-OH is 1. The number of alkyl halides is 2. The van der Waals surface area contributed by atoms with Gasteiger partial charge in [0.15, 0.2) is 22.0 Å². The first-order valence-corrected chi connectivity index (χ1v) is 14.9. The van der Waals surface area contributed by atoms with Crippen molar-refractivity contribution in [2.75, 3.05) is 12.3 Å². The number of halogens is 2. The number of carbonyl (C=O) groups is 1. The molecule has 0 amide bonds. The van der Waals surface area contributed by atoms with Gasteiger partial charge < -0.3 is 29.4 Å². The van der Waals surface area contributed by atoms with Gasteiger partial charge in [-0.05, 0) is 44.7 Å². The van der Waals surface area contributed by atoms with Crippen LogP contribution in [0.4, 0.5) is 5.82 Å². The number of fused-ring (bicyclic) bond motifs is 1. The highest BCUT2D eigenvalue weighted by Crippen LogP contribution is 2.50. The number of nitrogens with one attached hydrogen (secondary N) is 1. The third-order valence-electron chi connectivity index (χ3n) is 5.45. The third-order valence-corrected chi connectivity index (χ3v) is 8.77. The van der Waals surface area contributed by atoms with E-state index in [4.69, 9.17) is 59.3 Å². The lowest BCUT2D eigenvalue weighted by Crippen LogP contribution is -2.39. The van der Waals surface area contributed by atoms with Crippen molar-refractivity contribution in [3.05, 3.63) is 43.0 Å². The first-order valence-electron chi connectivity index (χ1n) is 11.5. The van der Waals surface area contributed by atoms with Gasteiger partial charge in [-0.25, -0.2) is 20.0 Å². The summed E-state index contributed by atoms with van der Waals surface area (Å²) < 4.78 is 22.9. The Labute approximate surface area is 234 Å². The maximum atomic E-state index is 12.4. The fraction of sp³-hybridized carbons (Fsp3) is 0.455. The van der Waals surface area contributed by atoms with Crippen LogP contribution in [0.25, 0.3) is 11.2 Å². The Balaban J connectivity index is 1.54. The van der Waals surface area contributed by atoms with E-state index in [1.165, 1.54) is 17.2 Å². The van der Waals surface area contributed by atoms with E-state index in [1.807, 2.05) is 6.07 Å². The van der Waals surface area contributed by atoms with Gasteiger partial charge in [-0.15, -0.1) is 0 Å². The van der Waals surface area contributed by atoms with Crippen LogP contribution in [0.1, 0.15) is 27.0 Å². The van der Waals surface area contributed by atoms with E-state index < -0.39 is 41.4 Å². The Hall–Kier alpha value is -2.09. The molecular weight excluding hydrogens is 578 g/mol. The zero-order chi connectivity index (χ0) is 27.7. The fourth-order valence-corrected chi connectivity index (χ4v) is 6.67. The SMILES string of the molecule is CC(C)OC(=O)[C@@H](C)NP(=S)(OC[C@H]1O[C@@H](n2cnc3c(N)ncnc32)C(Cl)(Cl)[C@@H]1O)Oc1ccccc1. The minimum absolute atomic E-state index is 0.164. The molecule has 3 heterocycles. The number of nitrogens with two attached hydrogens (primary N) is 1. The van der Waals surface area contributed by atoms with Gasteiger partial charge >= 0.3 is 12.6 Å². The Kier molecular flexibility index (Phi) is 8.80. The number of hydrogen-bond donors (Lipinski definition) is 3. The first kappa shape index (κ1) is 28.9. The number of nitrogen functional groups attached to an aromatic ring is 1. The summed E-state index contributed by atoms with van der Waals surface area (Å²) in [6.45, 7) is 1.39. The molecule has 1 aromatic carbocycles. The number of nitrogens with zero attached hydrogens (tertiary/aromatic N) is 4. The van der Waals surface area contributed by atoms with Crippen molar-refractivity contribution in [1.29, 1.82) is 0 Å². The fourth-order valence-electron chi connectivity index (χ4n) is 3.65. The summed E-state index contributed by atoms with van der Waals surface area (Å²) in [6.07, 6.45) is -1.21. The highest BCUT2D eigenvalue weighted by Gasteiger charge is 2.56. The number of aliphatic hydroxyl groups is 1. The van der Waals surface area contributed by atoms with Crippen molar-refractivity contribution in [1.82, 2.24) is 24.6 Å². The number of imidazole rings is 1. The van der Waals surface area contributed by atoms with E-state index >= 15 is 0 Å². The maximum absolute atomic E-state index is 12.4. The number of rotatable bonds is 10. The van der Waals surface area contributed by atoms with Crippen molar-refractivity contribution in [2.45, 2.75) is 55.7 Å². The van der Waals surface area contributed by atoms with E-state index in [0.717, 1.165) is 0 Å². The molecule has 16 heteroatoms. The van der Waals surface area contributed by atoms with Crippen molar-refractivity contribution < 1.29 is 28.4 Å². The topological polar surface area (TPSA) is 156 Å². The van der Waals surface area contributed by atoms with Crippen molar-refractivity contribution >= 4 is 64.6 Å². The largest absolute Gasteiger partial charge is 0.462 e. The van der Waals surface area contributed by atoms with Gasteiger partial charge in [-0.1, -0.05) is 41.4 Å². The van der Waals surface area contributed by atoms with Crippen LogP contribution >= 0.6 is 29.8 Å². The quantitative estimate of drug-likeness (QED) is 0.177. The average Bonchev–Trinajstić information content (AvgIpc) is 3.37. The van der Waals surface area contributed by atoms with Crippen LogP contribution in [-0.2, 0) is 30.6 Å². The molecule has 5 atom stereocenters. The van der Waals surface area contributed by atoms with Crippen LogP contribution in [0, 0.1) is 0 Å². The molecule has 0 aliphatic carbocycles. The van der Waals surface area contributed by atoms with E-state index in [0.29, 0.717) is 16.9 Å². The first-order chi connectivity index (χ1) is 17.9. The number of carbonyl (C=O) groups excluding carboxylic acids is 1. The van der Waals surface area contributed by atoms with Crippen molar-refractivity contribution in [3.63, 3.8) is 0 Å². The summed E-state index contributed by atoms with van der Waals surface area (Å²) in [5, 5.41) is 13.9.